The van der Waals surface area contributed by atoms with Gasteiger partial charge >= 0.3 is 0 Å². The average molecular weight is 263 g/mol. The van der Waals surface area contributed by atoms with E-state index in [1.807, 2.05) is 36.5 Å². The fourth-order valence-corrected chi connectivity index (χ4v) is 2.76. The highest BCUT2D eigenvalue weighted by atomic mass is 16.1. The van der Waals surface area contributed by atoms with E-state index in [4.69, 9.17) is 0 Å². The Hall–Kier alpha value is -2.35. The summed E-state index contributed by atoms with van der Waals surface area (Å²) in [6.45, 7) is 1.66. The van der Waals surface area contributed by atoms with Crippen LogP contribution in [0.5, 0.6) is 0 Å². The van der Waals surface area contributed by atoms with Crippen molar-refractivity contribution in [3.63, 3.8) is 0 Å². The molecule has 1 N–H and O–H groups in total. The molecule has 0 radical (unpaired) electrons. The third-order valence-corrected chi connectivity index (χ3v) is 3.69. The molecule has 0 saturated heterocycles. The molecule has 0 unspecified atom stereocenters. The molecule has 20 heavy (non-hydrogen) atoms. The summed E-state index contributed by atoms with van der Waals surface area (Å²) in [7, 11) is 0. The number of ketones is 1. The number of fused-ring (bicyclic) bond motifs is 1. The molecular weight excluding hydrogens is 246 g/mol. The maximum Gasteiger partial charge on any atom is 0.130 e. The molecule has 0 aliphatic carbocycles. The summed E-state index contributed by atoms with van der Waals surface area (Å²) in [5, 5.41) is 1.20. The average Bonchev–Trinajstić information content (AvgIpc) is 2.89. The van der Waals surface area contributed by atoms with Crippen molar-refractivity contribution >= 4 is 16.7 Å². The summed E-state index contributed by atoms with van der Waals surface area (Å²) in [6.07, 6.45) is 2.57. The van der Waals surface area contributed by atoms with Crippen molar-refractivity contribution in [1.82, 2.24) is 4.98 Å². The van der Waals surface area contributed by atoms with Crippen molar-refractivity contribution in [3.05, 3.63) is 71.9 Å². The Bertz CT molecular complexity index is 727. The Morgan fingerprint density at radius 2 is 1.75 bits per heavy atom. The minimum atomic E-state index is 0.116. The van der Waals surface area contributed by atoms with E-state index in [2.05, 4.69) is 29.2 Å². The normalized spacial score (nSPS) is 12.4. The van der Waals surface area contributed by atoms with Gasteiger partial charge in [0.25, 0.3) is 0 Å². The zero-order chi connectivity index (χ0) is 13.9. The van der Waals surface area contributed by atoms with E-state index in [9.17, 15) is 4.79 Å². The molecule has 0 aliphatic rings. The monoisotopic (exact) mass is 263 g/mol. The topological polar surface area (TPSA) is 32.9 Å². The molecule has 0 fully saturated rings. The molecule has 1 heterocycles. The van der Waals surface area contributed by atoms with Crippen LogP contribution in [0.2, 0.25) is 0 Å². The minimum Gasteiger partial charge on any atom is -0.361 e. The van der Waals surface area contributed by atoms with E-state index in [-0.39, 0.29) is 11.7 Å². The Kier molecular flexibility index (Phi) is 3.38. The highest BCUT2D eigenvalue weighted by Gasteiger charge is 2.19. The Balaban J connectivity index is 2.12. The fraction of sp³-hybridized carbons (Fsp3) is 0.167. The number of benzene rings is 2. The van der Waals surface area contributed by atoms with Crippen LogP contribution in [0.1, 0.15) is 30.4 Å². The molecule has 2 nitrogen and oxygen atoms in total. The first-order chi connectivity index (χ1) is 9.75. The minimum absolute atomic E-state index is 0.116. The second kappa shape index (κ2) is 5.33. The Morgan fingerprint density at radius 3 is 2.50 bits per heavy atom. The van der Waals surface area contributed by atoms with E-state index < -0.39 is 0 Å². The van der Waals surface area contributed by atoms with Gasteiger partial charge in [0, 0.05) is 29.4 Å². The standard InChI is InChI=1S/C18H17NO/c1-13(20)11-16(14-7-3-2-4-8-14)17-12-19-18-10-6-5-9-15(17)18/h2-10,12,16,19H,11H2,1H3/t16-/m1/s1. The molecule has 0 aliphatic heterocycles. The first-order valence-corrected chi connectivity index (χ1v) is 6.86. The number of Topliss-reactive ketones (excluding diaryl/α,β-unsaturated/α-hetero) is 1. The molecule has 0 saturated carbocycles. The summed E-state index contributed by atoms with van der Waals surface area (Å²) < 4.78 is 0. The number of carbonyl (C=O) groups is 1. The Morgan fingerprint density at radius 1 is 1.05 bits per heavy atom. The van der Waals surface area contributed by atoms with Crippen LogP contribution in [0, 0.1) is 0 Å². The lowest BCUT2D eigenvalue weighted by atomic mass is 9.87. The molecule has 1 atom stereocenters. The number of rotatable bonds is 4. The number of aromatic amines is 1. The van der Waals surface area contributed by atoms with Crippen molar-refractivity contribution in [2.75, 3.05) is 0 Å². The van der Waals surface area contributed by atoms with Gasteiger partial charge in [0.05, 0.1) is 0 Å². The van der Waals surface area contributed by atoms with Crippen molar-refractivity contribution in [3.8, 4) is 0 Å². The van der Waals surface area contributed by atoms with Crippen LogP contribution >= 0.6 is 0 Å². The van der Waals surface area contributed by atoms with E-state index in [1.54, 1.807) is 6.92 Å². The fourth-order valence-electron chi connectivity index (χ4n) is 2.76. The van der Waals surface area contributed by atoms with Crippen LogP contribution in [-0.4, -0.2) is 10.8 Å². The van der Waals surface area contributed by atoms with Gasteiger partial charge in [-0.2, -0.15) is 0 Å². The molecule has 3 aromatic rings. The van der Waals surface area contributed by atoms with Crippen LogP contribution in [0.4, 0.5) is 0 Å². The number of H-pyrrole nitrogens is 1. The summed E-state index contributed by atoms with van der Waals surface area (Å²) in [5.74, 6) is 0.328. The number of para-hydroxylation sites is 1. The SMILES string of the molecule is CC(=O)C[C@H](c1ccccc1)c1c[nH]c2ccccc12. The van der Waals surface area contributed by atoms with Gasteiger partial charge in [0.2, 0.25) is 0 Å². The molecular formula is C18H17NO. The molecule has 2 heteroatoms. The van der Waals surface area contributed by atoms with E-state index >= 15 is 0 Å². The van der Waals surface area contributed by atoms with Crippen molar-refractivity contribution < 1.29 is 4.79 Å². The van der Waals surface area contributed by atoms with E-state index in [1.165, 1.54) is 16.5 Å². The molecule has 0 bridgehead atoms. The lowest BCUT2D eigenvalue weighted by molar-refractivity contribution is -0.117. The zero-order valence-corrected chi connectivity index (χ0v) is 11.5. The van der Waals surface area contributed by atoms with Crippen molar-refractivity contribution in [2.45, 2.75) is 19.3 Å². The second-order valence-electron chi connectivity index (χ2n) is 5.16. The summed E-state index contributed by atoms with van der Waals surface area (Å²) in [6, 6.07) is 18.5. The largest absolute Gasteiger partial charge is 0.361 e. The van der Waals surface area contributed by atoms with Gasteiger partial charge in [-0.15, -0.1) is 0 Å². The Labute approximate surface area is 118 Å². The second-order valence-corrected chi connectivity index (χ2v) is 5.16. The maximum absolute atomic E-state index is 11.6. The first-order valence-electron chi connectivity index (χ1n) is 6.86. The molecule has 1 aromatic heterocycles. The lowest BCUT2D eigenvalue weighted by Gasteiger charge is -2.15. The number of carbonyl (C=O) groups excluding carboxylic acids is 1. The quantitative estimate of drug-likeness (QED) is 0.748. The van der Waals surface area contributed by atoms with Crippen LogP contribution in [0.15, 0.2) is 60.8 Å². The van der Waals surface area contributed by atoms with E-state index in [0.717, 1.165) is 5.52 Å². The van der Waals surface area contributed by atoms with Crippen LogP contribution in [-0.2, 0) is 4.79 Å². The van der Waals surface area contributed by atoms with Crippen molar-refractivity contribution in [1.29, 1.82) is 0 Å². The summed E-state index contributed by atoms with van der Waals surface area (Å²) >= 11 is 0. The molecule has 0 spiro atoms. The third-order valence-electron chi connectivity index (χ3n) is 3.69. The number of nitrogens with one attached hydrogen (secondary N) is 1. The number of hydrogen-bond donors (Lipinski definition) is 1. The predicted octanol–water partition coefficient (Wildman–Crippen LogP) is 4.28. The van der Waals surface area contributed by atoms with Crippen LogP contribution in [0.25, 0.3) is 10.9 Å². The molecule has 0 amide bonds. The third kappa shape index (κ3) is 2.37. The van der Waals surface area contributed by atoms with E-state index in [0.29, 0.717) is 6.42 Å². The summed E-state index contributed by atoms with van der Waals surface area (Å²) in [5.41, 5.74) is 3.50. The highest BCUT2D eigenvalue weighted by molar-refractivity contribution is 5.85. The zero-order valence-electron chi connectivity index (χ0n) is 11.5. The highest BCUT2D eigenvalue weighted by Crippen LogP contribution is 2.33. The van der Waals surface area contributed by atoms with Gasteiger partial charge in [-0.1, -0.05) is 48.5 Å². The van der Waals surface area contributed by atoms with Gasteiger partial charge in [-0.3, -0.25) is 4.79 Å². The summed E-state index contributed by atoms with van der Waals surface area (Å²) in [4.78, 5) is 14.9. The maximum atomic E-state index is 11.6. The van der Waals surface area contributed by atoms with Crippen molar-refractivity contribution in [2.24, 2.45) is 0 Å². The number of hydrogen-bond acceptors (Lipinski definition) is 1. The van der Waals surface area contributed by atoms with Crippen LogP contribution < -0.4 is 0 Å². The van der Waals surface area contributed by atoms with Gasteiger partial charge in [-0.05, 0) is 24.1 Å². The first kappa shape index (κ1) is 12.7. The lowest BCUT2D eigenvalue weighted by Crippen LogP contribution is -2.05. The van der Waals surface area contributed by atoms with Crippen LogP contribution in [0.3, 0.4) is 0 Å². The molecule has 2 aromatic carbocycles. The predicted molar refractivity (Wildman–Crippen MR) is 81.9 cm³/mol. The molecule has 100 valence electrons. The molecule has 3 rings (SSSR count). The number of aromatic nitrogens is 1. The smallest absolute Gasteiger partial charge is 0.130 e. The van der Waals surface area contributed by atoms with Gasteiger partial charge in [0.1, 0.15) is 5.78 Å². The van der Waals surface area contributed by atoms with Gasteiger partial charge < -0.3 is 4.98 Å². The van der Waals surface area contributed by atoms with Gasteiger partial charge in [-0.25, -0.2) is 0 Å². The van der Waals surface area contributed by atoms with Gasteiger partial charge in [0.15, 0.2) is 0 Å².